The van der Waals surface area contributed by atoms with Crippen molar-refractivity contribution in [2.75, 3.05) is 10.6 Å². The minimum atomic E-state index is -4.83. The molecular formula is C16H14F6N4O. The van der Waals surface area contributed by atoms with E-state index in [1.165, 1.54) is 13.0 Å². The van der Waals surface area contributed by atoms with E-state index < -0.39 is 24.0 Å². The van der Waals surface area contributed by atoms with Crippen molar-refractivity contribution < 1.29 is 31.1 Å². The Labute approximate surface area is 149 Å². The lowest BCUT2D eigenvalue weighted by Crippen LogP contribution is -2.17. The second kappa shape index (κ2) is 6.78. The minimum Gasteiger partial charge on any atom is -0.406 e. The maximum atomic E-state index is 13.1. The molecule has 2 N–H and O–H groups in total. The molecule has 27 heavy (non-hydrogen) atoms. The molecule has 1 saturated carbocycles. The minimum absolute atomic E-state index is 0.0434. The van der Waals surface area contributed by atoms with Gasteiger partial charge in [0.05, 0.1) is 0 Å². The van der Waals surface area contributed by atoms with E-state index in [1.54, 1.807) is 0 Å². The number of ether oxygens (including phenoxy) is 1. The first-order chi connectivity index (χ1) is 12.5. The predicted molar refractivity (Wildman–Crippen MR) is 84.8 cm³/mol. The van der Waals surface area contributed by atoms with Crippen molar-refractivity contribution >= 4 is 17.5 Å². The van der Waals surface area contributed by atoms with Gasteiger partial charge in [-0.3, -0.25) is 0 Å². The largest absolute Gasteiger partial charge is 0.573 e. The van der Waals surface area contributed by atoms with Crippen LogP contribution in [0.5, 0.6) is 5.75 Å². The van der Waals surface area contributed by atoms with Crippen LogP contribution in [0.25, 0.3) is 0 Å². The first kappa shape index (κ1) is 19.1. The van der Waals surface area contributed by atoms with Crippen LogP contribution in [0.2, 0.25) is 0 Å². The summed E-state index contributed by atoms with van der Waals surface area (Å²) in [6.45, 7) is 1.49. The molecule has 2 aromatic rings. The molecule has 0 bridgehead atoms. The summed E-state index contributed by atoms with van der Waals surface area (Å²) in [5.41, 5.74) is -0.507. The fourth-order valence-electron chi connectivity index (χ4n) is 2.24. The highest BCUT2D eigenvalue weighted by Gasteiger charge is 2.34. The molecule has 1 aliphatic rings. The topological polar surface area (TPSA) is 59.1 Å². The lowest BCUT2D eigenvalue weighted by atomic mass is 10.2. The third-order valence-corrected chi connectivity index (χ3v) is 3.62. The van der Waals surface area contributed by atoms with Crippen molar-refractivity contribution in [1.29, 1.82) is 0 Å². The van der Waals surface area contributed by atoms with Gasteiger partial charge in [-0.2, -0.15) is 18.2 Å². The van der Waals surface area contributed by atoms with Crippen molar-refractivity contribution in [3.8, 4) is 5.75 Å². The van der Waals surface area contributed by atoms with Crippen molar-refractivity contribution in [3.63, 3.8) is 0 Å². The van der Waals surface area contributed by atoms with Gasteiger partial charge < -0.3 is 15.4 Å². The molecule has 3 rings (SSSR count). The van der Waals surface area contributed by atoms with Crippen LogP contribution in [-0.4, -0.2) is 22.4 Å². The molecule has 0 saturated heterocycles. The van der Waals surface area contributed by atoms with Gasteiger partial charge in [0, 0.05) is 17.8 Å². The van der Waals surface area contributed by atoms with E-state index in [1.807, 2.05) is 0 Å². The number of halogens is 6. The smallest absolute Gasteiger partial charge is 0.406 e. The number of aryl methyl sites for hydroxylation is 1. The number of benzene rings is 1. The van der Waals surface area contributed by atoms with Gasteiger partial charge in [0.1, 0.15) is 11.6 Å². The van der Waals surface area contributed by atoms with Gasteiger partial charge in [-0.25, -0.2) is 4.98 Å². The van der Waals surface area contributed by atoms with Gasteiger partial charge in [0.2, 0.25) is 5.95 Å². The summed E-state index contributed by atoms with van der Waals surface area (Å²) < 4.78 is 79.8. The van der Waals surface area contributed by atoms with Crippen molar-refractivity contribution in [1.82, 2.24) is 9.97 Å². The predicted octanol–water partition coefficient (Wildman–Crippen LogP) is 5.02. The van der Waals surface area contributed by atoms with Crippen LogP contribution in [0.1, 0.15) is 24.1 Å². The number of rotatable bonds is 5. The van der Waals surface area contributed by atoms with E-state index in [0.717, 1.165) is 31.0 Å². The van der Waals surface area contributed by atoms with Gasteiger partial charge in [-0.1, -0.05) is 0 Å². The summed E-state index contributed by atoms with van der Waals surface area (Å²) in [5, 5.41) is 5.48. The molecule has 1 aliphatic carbocycles. The second-order valence-electron chi connectivity index (χ2n) is 6.03. The monoisotopic (exact) mass is 392 g/mol. The normalized spacial score (nSPS) is 14.8. The van der Waals surface area contributed by atoms with Crippen molar-refractivity contribution in [2.24, 2.45) is 0 Å². The Hall–Kier alpha value is -2.72. The van der Waals surface area contributed by atoms with Crippen LogP contribution >= 0.6 is 0 Å². The third-order valence-electron chi connectivity index (χ3n) is 3.62. The van der Waals surface area contributed by atoms with Crippen molar-refractivity contribution in [2.45, 2.75) is 38.3 Å². The van der Waals surface area contributed by atoms with Crippen LogP contribution in [0, 0.1) is 6.92 Å². The molecule has 5 nitrogen and oxygen atoms in total. The highest BCUT2D eigenvalue weighted by molar-refractivity contribution is 5.63. The summed E-state index contributed by atoms with van der Waals surface area (Å²) >= 11 is 0. The molecule has 0 atom stereocenters. The third kappa shape index (κ3) is 5.38. The van der Waals surface area contributed by atoms with Crippen LogP contribution in [0.15, 0.2) is 24.3 Å². The van der Waals surface area contributed by atoms with Crippen LogP contribution in [0.4, 0.5) is 43.8 Å². The molecule has 0 unspecified atom stereocenters. The standard InChI is InChI=1S/C16H14F6N4O/c1-8-6-10(27-16(20,21)22)4-5-11(8)24-13-7-12(15(17,18)19)25-14(26-13)23-9-2-3-9/h4-7,9H,2-3H2,1H3,(H2,23,24,25,26). The Balaban J connectivity index is 1.85. The number of aromatic nitrogens is 2. The highest BCUT2D eigenvalue weighted by Crippen LogP contribution is 2.33. The lowest BCUT2D eigenvalue weighted by molar-refractivity contribution is -0.274. The van der Waals surface area contributed by atoms with Gasteiger partial charge in [-0.05, 0) is 43.5 Å². The molecule has 0 amide bonds. The quantitative estimate of drug-likeness (QED) is 0.700. The fraction of sp³-hybridized carbons (Fsp3) is 0.375. The summed E-state index contributed by atoms with van der Waals surface area (Å²) in [5.74, 6) is -0.724. The fourth-order valence-corrected chi connectivity index (χ4v) is 2.24. The summed E-state index contributed by atoms with van der Waals surface area (Å²) in [4.78, 5) is 7.47. The zero-order valence-corrected chi connectivity index (χ0v) is 13.9. The Morgan fingerprint density at radius 3 is 2.30 bits per heavy atom. The number of nitrogens with one attached hydrogen (secondary N) is 2. The molecule has 1 heterocycles. The average molecular weight is 392 g/mol. The van der Waals surface area contributed by atoms with E-state index in [9.17, 15) is 26.3 Å². The van der Waals surface area contributed by atoms with E-state index in [4.69, 9.17) is 0 Å². The second-order valence-corrected chi connectivity index (χ2v) is 6.03. The summed E-state index contributed by atoms with van der Waals surface area (Å²) in [6, 6.07) is 4.21. The molecule has 146 valence electrons. The Morgan fingerprint density at radius 1 is 1.04 bits per heavy atom. The van der Waals surface area contributed by atoms with Crippen LogP contribution in [-0.2, 0) is 6.18 Å². The summed E-state index contributed by atoms with van der Waals surface area (Å²) in [6.07, 6.45) is -7.86. The lowest BCUT2D eigenvalue weighted by Gasteiger charge is -2.15. The van der Waals surface area contributed by atoms with Crippen LogP contribution in [0.3, 0.4) is 0 Å². The van der Waals surface area contributed by atoms with Gasteiger partial charge in [0.15, 0.2) is 5.69 Å². The Morgan fingerprint density at radius 2 is 1.74 bits per heavy atom. The number of alkyl halides is 6. The Bertz CT molecular complexity index is 833. The SMILES string of the molecule is Cc1cc(OC(F)(F)F)ccc1Nc1cc(C(F)(F)F)nc(NC2CC2)n1. The maximum Gasteiger partial charge on any atom is 0.573 e. The molecule has 1 aromatic carbocycles. The first-order valence-electron chi connectivity index (χ1n) is 7.86. The highest BCUT2D eigenvalue weighted by atomic mass is 19.4. The van der Waals surface area contributed by atoms with E-state index in [0.29, 0.717) is 5.56 Å². The number of hydrogen-bond acceptors (Lipinski definition) is 5. The number of hydrogen-bond donors (Lipinski definition) is 2. The maximum absolute atomic E-state index is 13.1. The van der Waals surface area contributed by atoms with Crippen LogP contribution < -0.4 is 15.4 Å². The summed E-state index contributed by atoms with van der Waals surface area (Å²) in [7, 11) is 0. The number of nitrogens with zero attached hydrogens (tertiary/aromatic N) is 2. The Kier molecular flexibility index (Phi) is 4.79. The van der Waals surface area contributed by atoms with Gasteiger partial charge in [-0.15, -0.1) is 13.2 Å². The molecule has 11 heteroatoms. The first-order valence-corrected chi connectivity index (χ1v) is 7.86. The number of anilines is 3. The van der Waals surface area contributed by atoms with E-state index in [-0.39, 0.29) is 23.5 Å². The zero-order valence-electron chi connectivity index (χ0n) is 13.9. The van der Waals surface area contributed by atoms with Gasteiger partial charge in [0.25, 0.3) is 0 Å². The van der Waals surface area contributed by atoms with Crippen molar-refractivity contribution in [3.05, 3.63) is 35.5 Å². The van der Waals surface area contributed by atoms with E-state index in [2.05, 4.69) is 25.3 Å². The molecule has 1 aromatic heterocycles. The van der Waals surface area contributed by atoms with Gasteiger partial charge >= 0.3 is 12.5 Å². The van der Waals surface area contributed by atoms with E-state index >= 15 is 0 Å². The zero-order chi connectivity index (χ0) is 19.8. The molecule has 0 aliphatic heterocycles. The molecule has 1 fully saturated rings. The average Bonchev–Trinajstić information content (AvgIpc) is 3.31. The molecular weight excluding hydrogens is 378 g/mol. The molecule has 0 spiro atoms. The molecule has 0 radical (unpaired) electrons.